The van der Waals surface area contributed by atoms with E-state index in [1.165, 1.54) is 17.3 Å². The molecule has 1 amide bonds. The van der Waals surface area contributed by atoms with Crippen LogP contribution in [0.1, 0.15) is 34.6 Å². The fraction of sp³-hybridized carbons (Fsp3) is 0.208. The van der Waals surface area contributed by atoms with Gasteiger partial charge < -0.3 is 15.0 Å². The van der Waals surface area contributed by atoms with Gasteiger partial charge in [-0.25, -0.2) is 4.98 Å². The maximum Gasteiger partial charge on any atom is 0.257 e. The van der Waals surface area contributed by atoms with Gasteiger partial charge in [0.2, 0.25) is 5.91 Å². The number of hydrogen-bond acceptors (Lipinski definition) is 5. The molecule has 2 N–H and O–H groups in total. The normalized spacial score (nSPS) is 15.1. The first kappa shape index (κ1) is 20.9. The van der Waals surface area contributed by atoms with Crippen molar-refractivity contribution in [2.75, 3.05) is 11.9 Å². The molecule has 2 heterocycles. The molecule has 0 radical (unpaired) electrons. The number of H-pyrrole nitrogens is 1. The molecule has 0 fully saturated rings. The summed E-state index contributed by atoms with van der Waals surface area (Å²) < 4.78 is 5.76. The van der Waals surface area contributed by atoms with E-state index < -0.39 is 5.92 Å². The first-order valence-electron chi connectivity index (χ1n) is 10.00. The zero-order valence-electron chi connectivity index (χ0n) is 17.2. The maximum absolute atomic E-state index is 13.0. The summed E-state index contributed by atoms with van der Waals surface area (Å²) in [5, 5.41) is 3.24. The van der Waals surface area contributed by atoms with Gasteiger partial charge in [0.05, 0.1) is 5.56 Å². The summed E-state index contributed by atoms with van der Waals surface area (Å²) in [4.78, 5) is 32.9. The summed E-state index contributed by atoms with van der Waals surface area (Å²) in [5.41, 5.74) is 3.31. The van der Waals surface area contributed by atoms with Crippen molar-refractivity contribution >= 4 is 23.5 Å². The van der Waals surface area contributed by atoms with Gasteiger partial charge in [0.1, 0.15) is 18.2 Å². The Morgan fingerprint density at radius 3 is 2.74 bits per heavy atom. The topological polar surface area (TPSA) is 84.1 Å². The first-order chi connectivity index (χ1) is 15.0. The Morgan fingerprint density at radius 2 is 1.97 bits per heavy atom. The van der Waals surface area contributed by atoms with Crippen LogP contribution in [0, 0.1) is 6.92 Å². The van der Waals surface area contributed by atoms with Crippen molar-refractivity contribution in [2.24, 2.45) is 0 Å². The van der Waals surface area contributed by atoms with Crippen molar-refractivity contribution in [3.05, 3.63) is 93.8 Å². The zero-order chi connectivity index (χ0) is 21.8. The number of para-hydroxylation sites is 1. The van der Waals surface area contributed by atoms with Crippen molar-refractivity contribution < 1.29 is 9.53 Å². The van der Waals surface area contributed by atoms with E-state index >= 15 is 0 Å². The van der Waals surface area contributed by atoms with Crippen LogP contribution < -0.4 is 15.6 Å². The average molecular weight is 434 g/mol. The second kappa shape index (κ2) is 9.22. The summed E-state index contributed by atoms with van der Waals surface area (Å²) in [6.45, 7) is 6.06. The lowest BCUT2D eigenvalue weighted by molar-refractivity contribution is -0.116. The molecule has 0 saturated heterocycles. The van der Waals surface area contributed by atoms with Gasteiger partial charge >= 0.3 is 0 Å². The van der Waals surface area contributed by atoms with Gasteiger partial charge in [0.15, 0.2) is 5.16 Å². The van der Waals surface area contributed by atoms with Crippen LogP contribution in [0.15, 0.2) is 71.1 Å². The number of nitrogens with one attached hydrogen (secondary N) is 2. The molecule has 3 aromatic rings. The quantitative estimate of drug-likeness (QED) is 0.328. The van der Waals surface area contributed by atoms with E-state index in [1.807, 2.05) is 31.2 Å². The van der Waals surface area contributed by atoms with Gasteiger partial charge in [-0.05, 0) is 18.6 Å². The Labute approximate surface area is 184 Å². The monoisotopic (exact) mass is 433 g/mol. The summed E-state index contributed by atoms with van der Waals surface area (Å²) in [6, 6.07) is 15.6. The third-order valence-corrected chi connectivity index (χ3v) is 6.02. The van der Waals surface area contributed by atoms with Crippen molar-refractivity contribution in [3.63, 3.8) is 0 Å². The van der Waals surface area contributed by atoms with Gasteiger partial charge in [0.25, 0.3) is 5.56 Å². The SMILES string of the molecule is C=CCOc1ccccc1C1CC(=O)Nc2nc(SCc3ccc(C)cc3)[nH]c(=O)c21. The molecular weight excluding hydrogens is 410 g/mol. The Balaban J connectivity index is 1.65. The number of fused-ring (bicyclic) bond motifs is 1. The van der Waals surface area contributed by atoms with Crippen molar-refractivity contribution in [1.82, 2.24) is 9.97 Å². The smallest absolute Gasteiger partial charge is 0.257 e. The van der Waals surface area contributed by atoms with E-state index in [9.17, 15) is 9.59 Å². The number of amides is 1. The molecule has 2 aromatic carbocycles. The van der Waals surface area contributed by atoms with Gasteiger partial charge in [-0.15, -0.1) is 0 Å². The van der Waals surface area contributed by atoms with Crippen LogP contribution in [0.5, 0.6) is 5.75 Å². The number of aromatic nitrogens is 2. The molecule has 0 bridgehead atoms. The maximum atomic E-state index is 13.0. The van der Waals surface area contributed by atoms with Crippen molar-refractivity contribution in [1.29, 1.82) is 0 Å². The summed E-state index contributed by atoms with van der Waals surface area (Å²) in [6.07, 6.45) is 1.81. The molecule has 4 rings (SSSR count). The molecule has 0 spiro atoms. The second-order valence-corrected chi connectivity index (χ2v) is 8.31. The largest absolute Gasteiger partial charge is 0.489 e. The number of aryl methyl sites for hydroxylation is 1. The van der Waals surface area contributed by atoms with Crippen LogP contribution in [0.4, 0.5) is 5.82 Å². The van der Waals surface area contributed by atoms with Crippen LogP contribution in [0.3, 0.4) is 0 Å². The number of ether oxygens (including phenoxy) is 1. The van der Waals surface area contributed by atoms with Crippen LogP contribution >= 0.6 is 11.8 Å². The number of carbonyl (C=O) groups excluding carboxylic acids is 1. The molecule has 158 valence electrons. The van der Waals surface area contributed by atoms with Crippen LogP contribution in [0.25, 0.3) is 0 Å². The minimum Gasteiger partial charge on any atom is -0.489 e. The highest BCUT2D eigenvalue weighted by atomic mass is 32.2. The third-order valence-electron chi connectivity index (χ3n) is 5.08. The van der Waals surface area contributed by atoms with E-state index in [0.29, 0.717) is 34.6 Å². The molecule has 6 nitrogen and oxygen atoms in total. The van der Waals surface area contributed by atoms with Gasteiger partial charge in [-0.3, -0.25) is 9.59 Å². The standard InChI is InChI=1S/C24H23N3O3S/c1-3-12-30-19-7-5-4-6-17(19)18-13-20(28)25-22-21(18)23(29)27-24(26-22)31-14-16-10-8-15(2)9-11-16/h3-11,18H,1,12-14H2,2H3,(H2,25,26,27,28,29). The van der Waals surface area contributed by atoms with Gasteiger partial charge in [0, 0.05) is 23.7 Å². The number of rotatable bonds is 7. The lowest BCUT2D eigenvalue weighted by Crippen LogP contribution is -2.31. The van der Waals surface area contributed by atoms with Crippen LogP contribution in [-0.2, 0) is 10.5 Å². The predicted molar refractivity (Wildman–Crippen MR) is 123 cm³/mol. The molecule has 1 aliphatic rings. The third kappa shape index (κ3) is 4.72. The number of nitrogens with zero attached hydrogens (tertiary/aromatic N) is 1. The Kier molecular flexibility index (Phi) is 6.23. The molecule has 1 unspecified atom stereocenters. The van der Waals surface area contributed by atoms with Crippen molar-refractivity contribution in [3.8, 4) is 5.75 Å². The van der Waals surface area contributed by atoms with E-state index in [-0.39, 0.29) is 17.9 Å². The molecule has 1 aromatic heterocycles. The lowest BCUT2D eigenvalue weighted by atomic mass is 9.86. The van der Waals surface area contributed by atoms with E-state index in [0.717, 1.165) is 11.1 Å². The Hall–Kier alpha value is -3.32. The summed E-state index contributed by atoms with van der Waals surface area (Å²) >= 11 is 1.43. The first-order valence-corrected chi connectivity index (χ1v) is 11.0. The molecule has 1 aliphatic heterocycles. The highest BCUT2D eigenvalue weighted by molar-refractivity contribution is 7.98. The predicted octanol–water partition coefficient (Wildman–Crippen LogP) is 4.41. The highest BCUT2D eigenvalue weighted by Gasteiger charge is 2.32. The van der Waals surface area contributed by atoms with Crippen LogP contribution in [-0.4, -0.2) is 22.5 Å². The Morgan fingerprint density at radius 1 is 1.19 bits per heavy atom. The van der Waals surface area contributed by atoms with E-state index in [4.69, 9.17) is 4.74 Å². The second-order valence-electron chi connectivity index (χ2n) is 7.35. The van der Waals surface area contributed by atoms with E-state index in [2.05, 4.69) is 46.1 Å². The lowest BCUT2D eigenvalue weighted by Gasteiger charge is -2.26. The van der Waals surface area contributed by atoms with Gasteiger partial charge in [-0.2, -0.15) is 0 Å². The molecule has 1 atom stereocenters. The summed E-state index contributed by atoms with van der Waals surface area (Å²) in [7, 11) is 0. The fourth-order valence-electron chi connectivity index (χ4n) is 3.57. The molecule has 0 aliphatic carbocycles. The Bertz CT molecular complexity index is 1170. The number of benzene rings is 2. The zero-order valence-corrected chi connectivity index (χ0v) is 18.0. The number of thioether (sulfide) groups is 1. The molecule has 31 heavy (non-hydrogen) atoms. The fourth-order valence-corrected chi connectivity index (χ4v) is 4.39. The molecule has 0 saturated carbocycles. The summed E-state index contributed by atoms with van der Waals surface area (Å²) in [5.74, 6) is 0.999. The highest BCUT2D eigenvalue weighted by Crippen LogP contribution is 2.38. The van der Waals surface area contributed by atoms with Crippen LogP contribution in [0.2, 0.25) is 0 Å². The number of hydrogen-bond donors (Lipinski definition) is 2. The van der Waals surface area contributed by atoms with Crippen molar-refractivity contribution in [2.45, 2.75) is 30.2 Å². The van der Waals surface area contributed by atoms with Gasteiger partial charge in [-0.1, -0.05) is 72.4 Å². The van der Waals surface area contributed by atoms with E-state index in [1.54, 1.807) is 6.08 Å². The molecular formula is C24H23N3O3S. The minimum atomic E-state index is -0.433. The number of carbonyl (C=O) groups is 1. The molecule has 7 heteroatoms. The number of aromatic amines is 1. The number of anilines is 1. The average Bonchev–Trinajstić information content (AvgIpc) is 2.76. The minimum absolute atomic E-state index is 0.155.